The Hall–Kier alpha value is -4.25. The molecule has 8 nitrogen and oxygen atoms in total. The summed E-state index contributed by atoms with van der Waals surface area (Å²) in [5.74, 6) is -1.84. The third-order valence-corrected chi connectivity index (χ3v) is 4.65. The molecule has 0 spiro atoms. The second-order valence-electron chi connectivity index (χ2n) is 6.52. The van der Waals surface area contributed by atoms with Gasteiger partial charge in [0.2, 0.25) is 5.91 Å². The van der Waals surface area contributed by atoms with Gasteiger partial charge in [0.15, 0.2) is 0 Å². The summed E-state index contributed by atoms with van der Waals surface area (Å²) in [6, 6.07) is 20.6. The number of amides is 2. The Morgan fingerprint density at radius 2 is 1.70 bits per heavy atom. The van der Waals surface area contributed by atoms with Gasteiger partial charge < -0.3 is 10.6 Å². The van der Waals surface area contributed by atoms with Gasteiger partial charge in [0.25, 0.3) is 11.6 Å². The van der Waals surface area contributed by atoms with Gasteiger partial charge in [-0.1, -0.05) is 54.6 Å². The van der Waals surface area contributed by atoms with Crippen molar-refractivity contribution in [2.24, 2.45) is 0 Å². The van der Waals surface area contributed by atoms with Crippen LogP contribution in [0.15, 0.2) is 66.7 Å². The van der Waals surface area contributed by atoms with Crippen LogP contribution in [-0.2, 0) is 4.79 Å². The highest BCUT2D eigenvalue weighted by molar-refractivity contribution is 5.98. The molecule has 1 atom stereocenters. The molecule has 1 unspecified atom stereocenters. The van der Waals surface area contributed by atoms with Crippen LogP contribution in [0.5, 0.6) is 0 Å². The molecule has 3 rings (SSSR count). The van der Waals surface area contributed by atoms with Gasteiger partial charge in [-0.25, -0.2) is 0 Å². The Balaban J connectivity index is 1.86. The average Bonchev–Trinajstić information content (AvgIpc) is 2.77. The van der Waals surface area contributed by atoms with E-state index >= 15 is 0 Å². The van der Waals surface area contributed by atoms with Crippen molar-refractivity contribution >= 4 is 28.3 Å². The molecule has 2 amide bonds. The van der Waals surface area contributed by atoms with E-state index < -0.39 is 22.7 Å². The highest BCUT2D eigenvalue weighted by Crippen LogP contribution is 2.23. The van der Waals surface area contributed by atoms with Gasteiger partial charge >= 0.3 is 0 Å². The predicted molar refractivity (Wildman–Crippen MR) is 111 cm³/mol. The Labute approximate surface area is 172 Å². The van der Waals surface area contributed by atoms with E-state index in [9.17, 15) is 19.7 Å². The summed E-state index contributed by atoms with van der Waals surface area (Å²) in [7, 11) is 0. The third-order valence-electron chi connectivity index (χ3n) is 4.65. The molecule has 0 fully saturated rings. The van der Waals surface area contributed by atoms with Crippen molar-refractivity contribution in [3.63, 3.8) is 0 Å². The van der Waals surface area contributed by atoms with Gasteiger partial charge in [-0.2, -0.15) is 5.26 Å². The van der Waals surface area contributed by atoms with E-state index in [0.717, 1.165) is 10.8 Å². The number of nitro groups is 1. The molecule has 0 heterocycles. The first-order valence-electron chi connectivity index (χ1n) is 9.16. The molecule has 0 saturated carbocycles. The van der Waals surface area contributed by atoms with Crippen LogP contribution in [0, 0.1) is 21.4 Å². The van der Waals surface area contributed by atoms with Crippen molar-refractivity contribution < 1.29 is 14.5 Å². The summed E-state index contributed by atoms with van der Waals surface area (Å²) in [5.41, 5.74) is 0.260. The number of carbonyl (C=O) groups is 2. The van der Waals surface area contributed by atoms with Crippen LogP contribution in [0.25, 0.3) is 10.8 Å². The minimum absolute atomic E-state index is 0.0829. The first kappa shape index (κ1) is 20.5. The number of carbonyl (C=O) groups excluding carboxylic acids is 2. The first-order chi connectivity index (χ1) is 14.5. The topological polar surface area (TPSA) is 125 Å². The summed E-state index contributed by atoms with van der Waals surface area (Å²) < 4.78 is 0. The Morgan fingerprint density at radius 1 is 1.00 bits per heavy atom. The maximum Gasteiger partial charge on any atom is 0.282 e. The van der Waals surface area contributed by atoms with Gasteiger partial charge in [0, 0.05) is 12.6 Å². The van der Waals surface area contributed by atoms with Gasteiger partial charge in [0.1, 0.15) is 12.1 Å². The zero-order valence-electron chi connectivity index (χ0n) is 15.9. The maximum atomic E-state index is 12.6. The van der Waals surface area contributed by atoms with E-state index in [0.29, 0.717) is 5.56 Å². The fourth-order valence-electron chi connectivity index (χ4n) is 3.15. The number of rotatable bonds is 7. The Morgan fingerprint density at radius 3 is 2.43 bits per heavy atom. The number of hydrogen-bond donors (Lipinski definition) is 2. The molecule has 8 heteroatoms. The third kappa shape index (κ3) is 4.59. The number of nitriles is 1. The zero-order valence-corrected chi connectivity index (χ0v) is 15.9. The van der Waals surface area contributed by atoms with Gasteiger partial charge in [0.05, 0.1) is 16.9 Å². The van der Waals surface area contributed by atoms with E-state index in [-0.39, 0.29) is 24.3 Å². The number of nitro benzene ring substituents is 1. The van der Waals surface area contributed by atoms with Crippen LogP contribution >= 0.6 is 0 Å². The van der Waals surface area contributed by atoms with Crippen LogP contribution < -0.4 is 10.6 Å². The van der Waals surface area contributed by atoms with Crippen molar-refractivity contribution in [2.75, 3.05) is 13.1 Å². The molecule has 3 aromatic carbocycles. The number of para-hydroxylation sites is 1. The van der Waals surface area contributed by atoms with E-state index in [2.05, 4.69) is 10.6 Å². The van der Waals surface area contributed by atoms with Crippen molar-refractivity contribution in [3.05, 3.63) is 88.0 Å². The molecular weight excluding hydrogens is 384 g/mol. The predicted octanol–water partition coefficient (Wildman–Crippen LogP) is 2.90. The summed E-state index contributed by atoms with van der Waals surface area (Å²) in [6.07, 6.45) is 0. The monoisotopic (exact) mass is 402 g/mol. The van der Waals surface area contributed by atoms with Crippen LogP contribution in [0.2, 0.25) is 0 Å². The van der Waals surface area contributed by atoms with Crippen LogP contribution in [0.4, 0.5) is 5.69 Å². The number of fused-ring (bicyclic) bond motifs is 1. The maximum absolute atomic E-state index is 12.6. The van der Waals surface area contributed by atoms with E-state index in [1.54, 1.807) is 6.07 Å². The van der Waals surface area contributed by atoms with Crippen molar-refractivity contribution in [2.45, 2.75) is 5.92 Å². The normalized spacial score (nSPS) is 11.3. The standard InChI is InChI=1S/C22H18N4O4/c23-11-12-24-22(28)19(17-10-9-15-5-1-2-6-16(15)13-17)14-25-21(27)18-7-3-4-8-20(18)26(29)30/h1-10,13,19H,12,14H2,(H,24,28)(H,25,27). The lowest BCUT2D eigenvalue weighted by atomic mass is 9.95. The lowest BCUT2D eigenvalue weighted by Crippen LogP contribution is -2.37. The van der Waals surface area contributed by atoms with Crippen LogP contribution in [-0.4, -0.2) is 29.8 Å². The average molecular weight is 402 g/mol. The summed E-state index contributed by atoms with van der Waals surface area (Å²) in [4.78, 5) is 35.7. The molecule has 0 aliphatic heterocycles. The number of hydrogen-bond acceptors (Lipinski definition) is 5. The molecule has 3 aromatic rings. The molecule has 0 saturated heterocycles. The SMILES string of the molecule is N#CCNC(=O)C(CNC(=O)c1ccccc1[N+](=O)[O-])c1ccc2ccccc2c1. The summed E-state index contributed by atoms with van der Waals surface area (Å²) >= 11 is 0. The van der Waals surface area contributed by atoms with Gasteiger partial charge in [-0.05, 0) is 22.4 Å². The largest absolute Gasteiger partial charge is 0.351 e. The highest BCUT2D eigenvalue weighted by atomic mass is 16.6. The van der Waals surface area contributed by atoms with Gasteiger partial charge in [-0.15, -0.1) is 0 Å². The van der Waals surface area contributed by atoms with E-state index in [4.69, 9.17) is 5.26 Å². The molecule has 2 N–H and O–H groups in total. The molecular formula is C22H18N4O4. The summed E-state index contributed by atoms with van der Waals surface area (Å²) in [5, 5.41) is 27.0. The molecule has 0 radical (unpaired) electrons. The number of benzene rings is 3. The van der Waals surface area contributed by atoms with Crippen molar-refractivity contribution in [1.29, 1.82) is 5.26 Å². The fourth-order valence-corrected chi connectivity index (χ4v) is 3.15. The molecule has 150 valence electrons. The Kier molecular flexibility index (Phi) is 6.35. The van der Waals surface area contributed by atoms with E-state index in [1.165, 1.54) is 24.3 Å². The lowest BCUT2D eigenvalue weighted by molar-refractivity contribution is -0.385. The highest BCUT2D eigenvalue weighted by Gasteiger charge is 2.24. The van der Waals surface area contributed by atoms with Crippen molar-refractivity contribution in [1.82, 2.24) is 10.6 Å². The Bertz CT molecular complexity index is 1150. The van der Waals surface area contributed by atoms with Crippen LogP contribution in [0.1, 0.15) is 21.8 Å². The zero-order chi connectivity index (χ0) is 21.5. The molecule has 0 aliphatic carbocycles. The minimum atomic E-state index is -0.769. The molecule has 0 aromatic heterocycles. The van der Waals surface area contributed by atoms with E-state index in [1.807, 2.05) is 42.5 Å². The number of nitrogens with zero attached hydrogens (tertiary/aromatic N) is 2. The summed E-state index contributed by atoms with van der Waals surface area (Å²) in [6.45, 7) is -0.249. The number of nitrogens with one attached hydrogen (secondary N) is 2. The fraction of sp³-hybridized carbons (Fsp3) is 0.136. The second kappa shape index (κ2) is 9.30. The van der Waals surface area contributed by atoms with Crippen molar-refractivity contribution in [3.8, 4) is 6.07 Å². The molecule has 0 aliphatic rings. The van der Waals surface area contributed by atoms with Gasteiger partial charge in [-0.3, -0.25) is 19.7 Å². The molecule has 30 heavy (non-hydrogen) atoms. The molecule has 0 bridgehead atoms. The quantitative estimate of drug-likeness (QED) is 0.357. The smallest absolute Gasteiger partial charge is 0.282 e. The minimum Gasteiger partial charge on any atom is -0.351 e. The van der Waals surface area contributed by atoms with Crippen LogP contribution in [0.3, 0.4) is 0 Å². The second-order valence-corrected chi connectivity index (χ2v) is 6.52. The first-order valence-corrected chi connectivity index (χ1v) is 9.16. The lowest BCUT2D eigenvalue weighted by Gasteiger charge is -2.18.